The summed E-state index contributed by atoms with van der Waals surface area (Å²) in [7, 11) is 1.86. The van der Waals surface area contributed by atoms with Crippen LogP contribution in [0.2, 0.25) is 0 Å². The Morgan fingerprint density at radius 2 is 1.85 bits per heavy atom. The number of nitrogens with one attached hydrogen (secondary N) is 1. The van der Waals surface area contributed by atoms with Gasteiger partial charge in [0.2, 0.25) is 0 Å². The third kappa shape index (κ3) is 2.44. The monoisotopic (exact) mass is 180 g/mol. The van der Waals surface area contributed by atoms with Crippen molar-refractivity contribution in [1.82, 2.24) is 0 Å². The van der Waals surface area contributed by atoms with E-state index in [1.165, 1.54) is 0 Å². The molecule has 0 fully saturated rings. The van der Waals surface area contributed by atoms with Crippen molar-refractivity contribution in [1.29, 1.82) is 0 Å². The smallest absolute Gasteiger partial charge is 0.0704 e. The van der Waals surface area contributed by atoms with E-state index in [9.17, 15) is 5.11 Å². The molecule has 3 nitrogen and oxygen atoms in total. The van der Waals surface area contributed by atoms with Crippen molar-refractivity contribution >= 4 is 5.69 Å². The zero-order valence-electron chi connectivity index (χ0n) is 7.99. The molecule has 0 aromatic heterocycles. The third-order valence-electron chi connectivity index (χ3n) is 2.10. The van der Waals surface area contributed by atoms with Gasteiger partial charge >= 0.3 is 0 Å². The SMILES string of the molecule is CNc1ccc([C@H](N)C(C)O)cc1. The van der Waals surface area contributed by atoms with E-state index in [1.807, 2.05) is 31.3 Å². The van der Waals surface area contributed by atoms with Crippen LogP contribution in [0.4, 0.5) is 5.69 Å². The average Bonchev–Trinajstić information content (AvgIpc) is 2.17. The second kappa shape index (κ2) is 4.25. The topological polar surface area (TPSA) is 58.3 Å². The normalized spacial score (nSPS) is 15.1. The van der Waals surface area contributed by atoms with Crippen molar-refractivity contribution in [2.75, 3.05) is 12.4 Å². The van der Waals surface area contributed by atoms with E-state index in [4.69, 9.17) is 5.73 Å². The van der Waals surface area contributed by atoms with Crippen LogP contribution in [0.3, 0.4) is 0 Å². The second-order valence-corrected chi connectivity index (χ2v) is 3.14. The Hall–Kier alpha value is -1.06. The minimum Gasteiger partial charge on any atom is -0.391 e. The highest BCUT2D eigenvalue weighted by Crippen LogP contribution is 2.16. The zero-order valence-corrected chi connectivity index (χ0v) is 7.99. The molecular formula is C10H16N2O. The first-order valence-corrected chi connectivity index (χ1v) is 4.36. The Balaban J connectivity index is 2.79. The Labute approximate surface area is 78.6 Å². The van der Waals surface area contributed by atoms with Crippen LogP contribution in [0.15, 0.2) is 24.3 Å². The quantitative estimate of drug-likeness (QED) is 0.653. The number of aliphatic hydroxyl groups is 1. The van der Waals surface area contributed by atoms with Crippen LogP contribution < -0.4 is 11.1 Å². The van der Waals surface area contributed by atoms with Gasteiger partial charge in [-0.2, -0.15) is 0 Å². The van der Waals surface area contributed by atoms with Gasteiger partial charge in [0.05, 0.1) is 12.1 Å². The first-order valence-electron chi connectivity index (χ1n) is 4.36. The number of nitrogens with two attached hydrogens (primary N) is 1. The third-order valence-corrected chi connectivity index (χ3v) is 2.10. The number of rotatable bonds is 3. The van der Waals surface area contributed by atoms with Crippen molar-refractivity contribution in [2.45, 2.75) is 19.1 Å². The van der Waals surface area contributed by atoms with Crippen LogP contribution in [-0.2, 0) is 0 Å². The van der Waals surface area contributed by atoms with Crippen LogP contribution in [0.25, 0.3) is 0 Å². The Kier molecular flexibility index (Phi) is 3.28. The first kappa shape index (κ1) is 10.0. The van der Waals surface area contributed by atoms with E-state index in [-0.39, 0.29) is 6.04 Å². The Morgan fingerprint density at radius 3 is 2.23 bits per heavy atom. The molecule has 13 heavy (non-hydrogen) atoms. The fraction of sp³-hybridized carbons (Fsp3) is 0.400. The molecule has 0 saturated heterocycles. The van der Waals surface area contributed by atoms with Gasteiger partial charge in [-0.3, -0.25) is 0 Å². The van der Waals surface area contributed by atoms with Crippen LogP contribution in [0.1, 0.15) is 18.5 Å². The number of anilines is 1. The fourth-order valence-electron chi connectivity index (χ4n) is 1.15. The van der Waals surface area contributed by atoms with E-state index in [2.05, 4.69) is 5.32 Å². The molecule has 0 amide bonds. The van der Waals surface area contributed by atoms with Crippen molar-refractivity contribution in [3.63, 3.8) is 0 Å². The minimum atomic E-state index is -0.513. The summed E-state index contributed by atoms with van der Waals surface area (Å²) in [5, 5.41) is 12.3. The highest BCUT2D eigenvalue weighted by molar-refractivity contribution is 5.44. The molecule has 1 aromatic rings. The van der Waals surface area contributed by atoms with Gasteiger partial charge in [0.25, 0.3) is 0 Å². The van der Waals surface area contributed by atoms with E-state index >= 15 is 0 Å². The molecule has 1 aromatic carbocycles. The summed E-state index contributed by atoms with van der Waals surface area (Å²) in [6, 6.07) is 7.42. The summed E-state index contributed by atoms with van der Waals surface area (Å²) >= 11 is 0. The van der Waals surface area contributed by atoms with E-state index in [0.717, 1.165) is 11.3 Å². The number of benzene rings is 1. The van der Waals surface area contributed by atoms with Gasteiger partial charge in [-0.15, -0.1) is 0 Å². The first-order chi connectivity index (χ1) is 6.15. The zero-order chi connectivity index (χ0) is 9.84. The van der Waals surface area contributed by atoms with Gasteiger partial charge in [-0.05, 0) is 24.6 Å². The lowest BCUT2D eigenvalue weighted by Gasteiger charge is -2.15. The fourth-order valence-corrected chi connectivity index (χ4v) is 1.15. The molecule has 0 aliphatic rings. The van der Waals surface area contributed by atoms with Gasteiger partial charge in [0.1, 0.15) is 0 Å². The van der Waals surface area contributed by atoms with Gasteiger partial charge in [-0.1, -0.05) is 12.1 Å². The van der Waals surface area contributed by atoms with Crippen LogP contribution in [-0.4, -0.2) is 18.3 Å². The molecule has 1 rings (SSSR count). The Morgan fingerprint density at radius 1 is 1.31 bits per heavy atom. The maximum Gasteiger partial charge on any atom is 0.0704 e. The summed E-state index contributed by atoms with van der Waals surface area (Å²) in [5.41, 5.74) is 7.75. The van der Waals surface area contributed by atoms with Gasteiger partial charge < -0.3 is 16.2 Å². The maximum absolute atomic E-state index is 9.26. The van der Waals surface area contributed by atoms with Gasteiger partial charge in [0.15, 0.2) is 0 Å². The largest absolute Gasteiger partial charge is 0.391 e. The number of aliphatic hydroxyl groups excluding tert-OH is 1. The number of hydrogen-bond donors (Lipinski definition) is 3. The lowest BCUT2D eigenvalue weighted by molar-refractivity contribution is 0.164. The second-order valence-electron chi connectivity index (χ2n) is 3.14. The summed E-state index contributed by atoms with van der Waals surface area (Å²) < 4.78 is 0. The van der Waals surface area contributed by atoms with E-state index < -0.39 is 6.10 Å². The van der Waals surface area contributed by atoms with Crippen molar-refractivity contribution in [2.24, 2.45) is 5.73 Å². The standard InChI is InChI=1S/C10H16N2O/c1-7(13)10(11)8-3-5-9(12-2)6-4-8/h3-7,10,12-13H,11H2,1-2H3/t7?,10-/m1/s1. The molecule has 0 saturated carbocycles. The summed E-state index contributed by atoms with van der Waals surface area (Å²) in [5.74, 6) is 0. The van der Waals surface area contributed by atoms with Gasteiger partial charge in [-0.25, -0.2) is 0 Å². The molecule has 0 heterocycles. The van der Waals surface area contributed by atoms with Crippen molar-refractivity contribution in [3.8, 4) is 0 Å². The summed E-state index contributed by atoms with van der Waals surface area (Å²) in [4.78, 5) is 0. The lowest BCUT2D eigenvalue weighted by atomic mass is 10.0. The lowest BCUT2D eigenvalue weighted by Crippen LogP contribution is -2.22. The molecule has 0 aliphatic heterocycles. The van der Waals surface area contributed by atoms with Crippen molar-refractivity contribution in [3.05, 3.63) is 29.8 Å². The molecule has 2 atom stereocenters. The molecule has 1 unspecified atom stereocenters. The molecular weight excluding hydrogens is 164 g/mol. The minimum absolute atomic E-state index is 0.300. The molecule has 72 valence electrons. The highest BCUT2D eigenvalue weighted by Gasteiger charge is 2.10. The predicted molar refractivity (Wildman–Crippen MR) is 54.6 cm³/mol. The Bertz CT molecular complexity index is 256. The van der Waals surface area contributed by atoms with Crippen LogP contribution >= 0.6 is 0 Å². The maximum atomic E-state index is 9.26. The van der Waals surface area contributed by atoms with E-state index in [0.29, 0.717) is 0 Å². The molecule has 0 aliphatic carbocycles. The summed E-state index contributed by atoms with van der Waals surface area (Å²) in [6.07, 6.45) is -0.513. The molecule has 4 N–H and O–H groups in total. The number of hydrogen-bond acceptors (Lipinski definition) is 3. The van der Waals surface area contributed by atoms with Crippen molar-refractivity contribution < 1.29 is 5.11 Å². The van der Waals surface area contributed by atoms with Crippen LogP contribution in [0, 0.1) is 0 Å². The summed E-state index contributed by atoms with van der Waals surface area (Å²) in [6.45, 7) is 1.69. The predicted octanol–water partition coefficient (Wildman–Crippen LogP) is 1.11. The van der Waals surface area contributed by atoms with E-state index in [1.54, 1.807) is 6.92 Å². The highest BCUT2D eigenvalue weighted by atomic mass is 16.3. The van der Waals surface area contributed by atoms with Gasteiger partial charge in [0, 0.05) is 12.7 Å². The average molecular weight is 180 g/mol. The molecule has 0 spiro atoms. The molecule has 0 radical (unpaired) electrons. The van der Waals surface area contributed by atoms with Crippen LogP contribution in [0.5, 0.6) is 0 Å². The molecule has 0 bridgehead atoms. The molecule has 3 heteroatoms.